The number of aromatic nitrogens is 2. The molecule has 0 amide bonds. The molecule has 96 valence electrons. The third kappa shape index (κ3) is 3.06. The standard InChI is InChI=1S/C9H12F3N3OS/c1-13-4-5-2-6(3-5)16-8-14-7(15-17-8)9(10,11)12/h5-6,13H,2-4H2,1H3. The molecule has 0 spiro atoms. The smallest absolute Gasteiger partial charge is 0.452 e. The molecular weight excluding hydrogens is 255 g/mol. The Hall–Kier alpha value is -0.890. The van der Waals surface area contributed by atoms with E-state index in [0.29, 0.717) is 17.5 Å². The molecule has 1 aliphatic rings. The van der Waals surface area contributed by atoms with E-state index in [0.717, 1.165) is 19.4 Å². The van der Waals surface area contributed by atoms with Crippen LogP contribution in [0.25, 0.3) is 0 Å². The maximum atomic E-state index is 12.2. The van der Waals surface area contributed by atoms with Crippen molar-refractivity contribution in [1.82, 2.24) is 14.7 Å². The fraction of sp³-hybridized carbons (Fsp3) is 0.778. The molecule has 17 heavy (non-hydrogen) atoms. The first-order valence-electron chi connectivity index (χ1n) is 5.21. The first kappa shape index (κ1) is 12.6. The van der Waals surface area contributed by atoms with Gasteiger partial charge in [-0.1, -0.05) is 0 Å². The molecule has 0 aromatic carbocycles. The van der Waals surface area contributed by atoms with Gasteiger partial charge in [0, 0.05) is 11.5 Å². The van der Waals surface area contributed by atoms with E-state index < -0.39 is 12.0 Å². The first-order valence-corrected chi connectivity index (χ1v) is 5.98. The summed E-state index contributed by atoms with van der Waals surface area (Å²) in [6, 6.07) is 0. The van der Waals surface area contributed by atoms with Gasteiger partial charge in [-0.25, -0.2) is 0 Å². The predicted octanol–water partition coefficient (Wildman–Crippen LogP) is 1.93. The van der Waals surface area contributed by atoms with Gasteiger partial charge in [-0.2, -0.15) is 22.5 Å². The highest BCUT2D eigenvalue weighted by Gasteiger charge is 2.37. The summed E-state index contributed by atoms with van der Waals surface area (Å²) >= 11 is 0.650. The molecule has 8 heteroatoms. The van der Waals surface area contributed by atoms with Crippen LogP contribution in [-0.2, 0) is 6.18 Å². The van der Waals surface area contributed by atoms with Crippen LogP contribution in [0.2, 0.25) is 0 Å². The fourth-order valence-electron chi connectivity index (χ4n) is 1.74. The molecule has 1 aromatic heterocycles. The van der Waals surface area contributed by atoms with E-state index in [-0.39, 0.29) is 11.3 Å². The van der Waals surface area contributed by atoms with E-state index in [4.69, 9.17) is 4.74 Å². The second kappa shape index (κ2) is 4.77. The summed E-state index contributed by atoms with van der Waals surface area (Å²) in [5, 5.41) is 3.05. The SMILES string of the molecule is CNCC1CC(Oc2nc(C(F)(F)F)ns2)C1. The number of alkyl halides is 3. The van der Waals surface area contributed by atoms with Gasteiger partial charge in [-0.3, -0.25) is 0 Å². The molecule has 1 fully saturated rings. The summed E-state index contributed by atoms with van der Waals surface area (Å²) in [6.07, 6.45) is -2.82. The molecule has 0 atom stereocenters. The number of halogens is 3. The van der Waals surface area contributed by atoms with Gasteiger partial charge in [-0.15, -0.1) is 0 Å². The lowest BCUT2D eigenvalue weighted by molar-refractivity contribution is -0.144. The van der Waals surface area contributed by atoms with Gasteiger partial charge in [-0.05, 0) is 32.4 Å². The van der Waals surface area contributed by atoms with Crippen LogP contribution in [0.3, 0.4) is 0 Å². The Morgan fingerprint density at radius 2 is 2.18 bits per heavy atom. The maximum Gasteiger partial charge on any atom is 0.452 e. The van der Waals surface area contributed by atoms with Crippen LogP contribution in [0.4, 0.5) is 13.2 Å². The highest BCUT2D eigenvalue weighted by molar-refractivity contribution is 7.07. The number of nitrogens with zero attached hydrogens (tertiary/aromatic N) is 2. The topological polar surface area (TPSA) is 47.0 Å². The number of nitrogens with one attached hydrogen (secondary N) is 1. The minimum atomic E-state index is -4.49. The normalized spacial score (nSPS) is 24.5. The second-order valence-corrected chi connectivity index (χ2v) is 4.73. The Morgan fingerprint density at radius 1 is 1.47 bits per heavy atom. The van der Waals surface area contributed by atoms with E-state index in [2.05, 4.69) is 14.7 Å². The quantitative estimate of drug-likeness (QED) is 0.905. The van der Waals surface area contributed by atoms with Gasteiger partial charge in [0.2, 0.25) is 0 Å². The Balaban J connectivity index is 1.83. The van der Waals surface area contributed by atoms with Crippen LogP contribution >= 0.6 is 11.5 Å². The van der Waals surface area contributed by atoms with Gasteiger partial charge in [0.1, 0.15) is 6.10 Å². The first-order chi connectivity index (χ1) is 7.99. The molecule has 0 unspecified atom stereocenters. The third-order valence-corrected chi connectivity index (χ3v) is 3.22. The van der Waals surface area contributed by atoms with Crippen molar-refractivity contribution in [2.24, 2.45) is 5.92 Å². The molecule has 1 heterocycles. The van der Waals surface area contributed by atoms with Crippen LogP contribution < -0.4 is 10.1 Å². The zero-order chi connectivity index (χ0) is 12.5. The van der Waals surface area contributed by atoms with E-state index in [1.807, 2.05) is 7.05 Å². The molecule has 0 radical (unpaired) electrons. The van der Waals surface area contributed by atoms with Crippen molar-refractivity contribution >= 4 is 11.5 Å². The average Bonchev–Trinajstić information content (AvgIpc) is 2.62. The van der Waals surface area contributed by atoms with Crippen molar-refractivity contribution < 1.29 is 17.9 Å². The summed E-state index contributed by atoms with van der Waals surface area (Å²) in [5.41, 5.74) is 0. The van der Waals surface area contributed by atoms with Crippen molar-refractivity contribution in [3.63, 3.8) is 0 Å². The molecule has 0 bridgehead atoms. The van der Waals surface area contributed by atoms with Crippen LogP contribution in [0.15, 0.2) is 0 Å². The number of ether oxygens (including phenoxy) is 1. The van der Waals surface area contributed by atoms with Crippen molar-refractivity contribution in [2.75, 3.05) is 13.6 Å². The molecule has 4 nitrogen and oxygen atoms in total. The Morgan fingerprint density at radius 3 is 2.71 bits per heavy atom. The number of hydrogen-bond donors (Lipinski definition) is 1. The summed E-state index contributed by atoms with van der Waals surface area (Å²) in [5.74, 6) is -0.580. The van der Waals surface area contributed by atoms with Crippen LogP contribution in [0.5, 0.6) is 5.19 Å². The Bertz CT molecular complexity index is 376. The summed E-state index contributed by atoms with van der Waals surface area (Å²) in [7, 11) is 1.87. The summed E-state index contributed by atoms with van der Waals surface area (Å²) in [6.45, 7) is 0.907. The minimum absolute atomic E-state index is 0.00485. The molecule has 1 N–H and O–H groups in total. The van der Waals surface area contributed by atoms with E-state index in [9.17, 15) is 13.2 Å². The van der Waals surface area contributed by atoms with Gasteiger partial charge >= 0.3 is 6.18 Å². The molecule has 0 saturated heterocycles. The van der Waals surface area contributed by atoms with Crippen molar-refractivity contribution in [3.05, 3.63) is 5.82 Å². The zero-order valence-electron chi connectivity index (χ0n) is 9.12. The largest absolute Gasteiger partial charge is 0.466 e. The van der Waals surface area contributed by atoms with Crippen molar-refractivity contribution in [1.29, 1.82) is 0 Å². The predicted molar refractivity (Wildman–Crippen MR) is 56.0 cm³/mol. The minimum Gasteiger partial charge on any atom is -0.466 e. The molecule has 0 aliphatic heterocycles. The van der Waals surface area contributed by atoms with Crippen molar-refractivity contribution in [2.45, 2.75) is 25.1 Å². The highest BCUT2D eigenvalue weighted by atomic mass is 32.1. The van der Waals surface area contributed by atoms with Gasteiger partial charge in [0.15, 0.2) is 0 Å². The number of hydrogen-bond acceptors (Lipinski definition) is 5. The van der Waals surface area contributed by atoms with Gasteiger partial charge < -0.3 is 10.1 Å². The number of rotatable bonds is 4. The van der Waals surface area contributed by atoms with E-state index in [1.54, 1.807) is 0 Å². The van der Waals surface area contributed by atoms with Crippen LogP contribution in [0.1, 0.15) is 18.7 Å². The monoisotopic (exact) mass is 267 g/mol. The maximum absolute atomic E-state index is 12.2. The highest BCUT2D eigenvalue weighted by Crippen LogP contribution is 2.34. The molecule has 1 aromatic rings. The lowest BCUT2D eigenvalue weighted by atomic mass is 9.82. The zero-order valence-corrected chi connectivity index (χ0v) is 9.94. The lowest BCUT2D eigenvalue weighted by Crippen LogP contribution is -2.38. The Kier molecular flexibility index (Phi) is 3.53. The molecule has 1 saturated carbocycles. The van der Waals surface area contributed by atoms with Crippen molar-refractivity contribution in [3.8, 4) is 5.19 Å². The lowest BCUT2D eigenvalue weighted by Gasteiger charge is -2.34. The van der Waals surface area contributed by atoms with E-state index >= 15 is 0 Å². The third-order valence-electron chi connectivity index (χ3n) is 2.61. The molecule has 2 rings (SSSR count). The fourth-order valence-corrected chi connectivity index (χ4v) is 2.36. The summed E-state index contributed by atoms with van der Waals surface area (Å²) < 4.78 is 45.2. The Labute approximate surface area is 100 Å². The summed E-state index contributed by atoms with van der Waals surface area (Å²) in [4.78, 5) is 3.32. The van der Waals surface area contributed by atoms with Gasteiger partial charge in [0.25, 0.3) is 11.0 Å². The average molecular weight is 267 g/mol. The van der Waals surface area contributed by atoms with Gasteiger partial charge in [0.05, 0.1) is 0 Å². The van der Waals surface area contributed by atoms with Crippen LogP contribution in [-0.4, -0.2) is 29.1 Å². The second-order valence-electron chi connectivity index (χ2n) is 4.02. The molecular formula is C9H12F3N3OS. The van der Waals surface area contributed by atoms with Crippen LogP contribution in [0, 0.1) is 5.92 Å². The van der Waals surface area contributed by atoms with E-state index in [1.165, 1.54) is 0 Å². The molecule has 1 aliphatic carbocycles.